The second-order valence-electron chi connectivity index (χ2n) is 6.37. The lowest BCUT2D eigenvalue weighted by atomic mass is 10.2. The molecule has 23 heavy (non-hydrogen) atoms. The first-order valence-electron chi connectivity index (χ1n) is 7.84. The van der Waals surface area contributed by atoms with Crippen LogP contribution < -0.4 is 4.74 Å². The van der Waals surface area contributed by atoms with Crippen LogP contribution in [0.3, 0.4) is 0 Å². The predicted octanol–water partition coefficient (Wildman–Crippen LogP) is 1.05. The van der Waals surface area contributed by atoms with Gasteiger partial charge in [-0.15, -0.1) is 0 Å². The van der Waals surface area contributed by atoms with Crippen LogP contribution in [0.15, 0.2) is 12.7 Å². The van der Waals surface area contributed by atoms with Gasteiger partial charge in [-0.1, -0.05) is 0 Å². The average Bonchev–Trinajstić information content (AvgIpc) is 3.13. The number of aliphatic hydroxyl groups is 1. The zero-order chi connectivity index (χ0) is 16.2. The number of hydrogen-bond donors (Lipinski definition) is 1. The van der Waals surface area contributed by atoms with Gasteiger partial charge >= 0.3 is 0 Å². The second-order valence-corrected chi connectivity index (χ2v) is 6.37. The Labute approximate surface area is 133 Å². The molecule has 124 valence electrons. The number of fused-ring (bicyclic) bond motifs is 2. The molecule has 8 heteroatoms. The summed E-state index contributed by atoms with van der Waals surface area (Å²) in [6.07, 6.45) is 2.56. The van der Waals surface area contributed by atoms with Crippen LogP contribution in [0, 0.1) is 0 Å². The molecular formula is C15H20N4O4. The second kappa shape index (κ2) is 5.12. The van der Waals surface area contributed by atoms with Crippen LogP contribution in [0.25, 0.3) is 11.2 Å². The van der Waals surface area contributed by atoms with E-state index in [2.05, 4.69) is 15.0 Å². The Hall–Kier alpha value is -1.77. The first-order chi connectivity index (χ1) is 11.0. The third kappa shape index (κ3) is 2.29. The predicted molar refractivity (Wildman–Crippen MR) is 80.0 cm³/mol. The summed E-state index contributed by atoms with van der Waals surface area (Å²) in [6.45, 7) is 6.12. The van der Waals surface area contributed by atoms with E-state index < -0.39 is 11.9 Å². The molecule has 4 atom stereocenters. The smallest absolute Gasteiger partial charge is 0.245 e. The molecular weight excluding hydrogens is 300 g/mol. The Morgan fingerprint density at radius 2 is 2.09 bits per heavy atom. The number of ether oxygens (including phenoxy) is 3. The maximum Gasteiger partial charge on any atom is 0.245 e. The molecule has 1 saturated heterocycles. The van der Waals surface area contributed by atoms with Crippen LogP contribution in [0.1, 0.15) is 33.2 Å². The van der Waals surface area contributed by atoms with E-state index >= 15 is 0 Å². The quantitative estimate of drug-likeness (QED) is 0.903. The number of rotatable bonds is 3. The molecule has 0 unspecified atom stereocenters. The van der Waals surface area contributed by atoms with Gasteiger partial charge in [-0.25, -0.2) is 9.97 Å². The molecule has 1 aliphatic heterocycles. The molecule has 2 aromatic heterocycles. The van der Waals surface area contributed by atoms with Crippen LogP contribution in [0.2, 0.25) is 0 Å². The van der Waals surface area contributed by atoms with E-state index in [0.29, 0.717) is 30.1 Å². The maximum atomic E-state index is 10.3. The minimum Gasteiger partial charge on any atom is -0.476 e. The molecule has 2 aliphatic rings. The fourth-order valence-electron chi connectivity index (χ4n) is 3.52. The summed E-state index contributed by atoms with van der Waals surface area (Å²) in [4.78, 5) is 12.9. The minimum absolute atomic E-state index is 0.0915. The van der Waals surface area contributed by atoms with E-state index in [-0.39, 0.29) is 18.2 Å². The summed E-state index contributed by atoms with van der Waals surface area (Å²) in [6, 6.07) is -0.0915. The van der Waals surface area contributed by atoms with E-state index in [1.54, 1.807) is 6.33 Å². The molecule has 0 bridgehead atoms. The molecule has 1 aliphatic carbocycles. The number of imidazole rings is 1. The minimum atomic E-state index is -0.698. The van der Waals surface area contributed by atoms with E-state index in [1.807, 2.05) is 25.3 Å². The van der Waals surface area contributed by atoms with E-state index in [0.717, 1.165) is 0 Å². The van der Waals surface area contributed by atoms with Crippen molar-refractivity contribution in [3.8, 4) is 5.88 Å². The van der Waals surface area contributed by atoms with Gasteiger partial charge in [-0.3, -0.25) is 0 Å². The largest absolute Gasteiger partial charge is 0.476 e. The van der Waals surface area contributed by atoms with Crippen molar-refractivity contribution < 1.29 is 19.3 Å². The van der Waals surface area contributed by atoms with Crippen molar-refractivity contribution in [1.29, 1.82) is 0 Å². The standard InChI is InChI=1S/C15H20N4O4/c1-4-21-14-10-13(16-6-17-14)19(7-18-10)8-5-9(20)12-11(8)22-15(2,3)23-12/h6-9,11-12,20H,4-5H2,1-3H3/t8-,9+,11+,12-/m1/s1. The Morgan fingerprint density at radius 3 is 2.87 bits per heavy atom. The van der Waals surface area contributed by atoms with E-state index in [4.69, 9.17) is 14.2 Å². The van der Waals surface area contributed by atoms with Gasteiger partial charge in [-0.05, 0) is 27.2 Å². The molecule has 0 radical (unpaired) electrons. The van der Waals surface area contributed by atoms with Gasteiger partial charge in [0.2, 0.25) is 5.88 Å². The van der Waals surface area contributed by atoms with Crippen molar-refractivity contribution in [3.05, 3.63) is 12.7 Å². The topological polar surface area (TPSA) is 91.5 Å². The first-order valence-corrected chi connectivity index (χ1v) is 7.84. The monoisotopic (exact) mass is 320 g/mol. The van der Waals surface area contributed by atoms with Crippen molar-refractivity contribution in [3.63, 3.8) is 0 Å². The fraction of sp³-hybridized carbons (Fsp3) is 0.667. The number of aromatic nitrogens is 4. The Balaban J connectivity index is 1.74. The molecule has 3 heterocycles. The first kappa shape index (κ1) is 14.8. The third-order valence-electron chi connectivity index (χ3n) is 4.37. The van der Waals surface area contributed by atoms with Crippen LogP contribution in [-0.4, -0.2) is 55.3 Å². The maximum absolute atomic E-state index is 10.3. The van der Waals surface area contributed by atoms with Gasteiger partial charge in [0.15, 0.2) is 17.0 Å². The van der Waals surface area contributed by atoms with Gasteiger partial charge in [0.25, 0.3) is 0 Å². The lowest BCUT2D eigenvalue weighted by Crippen LogP contribution is -2.28. The van der Waals surface area contributed by atoms with Crippen LogP contribution in [0.4, 0.5) is 0 Å². The SMILES string of the molecule is CCOc1ncnc2c1ncn2[C@@H]1C[C@H](O)[C@H]2OC(C)(C)O[C@H]21. The Kier molecular flexibility index (Phi) is 3.29. The molecule has 0 spiro atoms. The molecule has 8 nitrogen and oxygen atoms in total. The normalized spacial score (nSPS) is 32.3. The Bertz CT molecular complexity index is 731. The summed E-state index contributed by atoms with van der Waals surface area (Å²) in [5.74, 6) is -0.230. The summed E-state index contributed by atoms with van der Waals surface area (Å²) in [7, 11) is 0. The molecule has 2 fully saturated rings. The molecule has 0 amide bonds. The van der Waals surface area contributed by atoms with E-state index in [1.165, 1.54) is 6.33 Å². The van der Waals surface area contributed by atoms with Gasteiger partial charge in [0, 0.05) is 0 Å². The average molecular weight is 320 g/mol. The summed E-state index contributed by atoms with van der Waals surface area (Å²) < 4.78 is 19.3. The van der Waals surface area contributed by atoms with Crippen molar-refractivity contribution in [2.45, 2.75) is 57.3 Å². The van der Waals surface area contributed by atoms with Gasteiger partial charge in [0.1, 0.15) is 18.5 Å². The molecule has 4 rings (SSSR count). The molecule has 1 N–H and O–H groups in total. The van der Waals surface area contributed by atoms with Crippen molar-refractivity contribution >= 4 is 11.2 Å². The highest BCUT2D eigenvalue weighted by molar-refractivity contribution is 5.76. The summed E-state index contributed by atoms with van der Waals surface area (Å²) in [5, 5.41) is 10.3. The molecule has 0 aromatic carbocycles. The zero-order valence-corrected chi connectivity index (χ0v) is 13.3. The van der Waals surface area contributed by atoms with Crippen LogP contribution in [0.5, 0.6) is 5.88 Å². The van der Waals surface area contributed by atoms with Crippen molar-refractivity contribution in [2.24, 2.45) is 0 Å². The third-order valence-corrected chi connectivity index (χ3v) is 4.37. The Morgan fingerprint density at radius 1 is 1.30 bits per heavy atom. The highest BCUT2D eigenvalue weighted by Gasteiger charge is 2.54. The van der Waals surface area contributed by atoms with E-state index in [9.17, 15) is 5.11 Å². The molecule has 2 aromatic rings. The number of hydrogen-bond acceptors (Lipinski definition) is 7. The lowest BCUT2D eigenvalue weighted by Gasteiger charge is -2.23. The highest BCUT2D eigenvalue weighted by Crippen LogP contribution is 2.44. The van der Waals surface area contributed by atoms with Crippen LogP contribution >= 0.6 is 0 Å². The van der Waals surface area contributed by atoms with Crippen LogP contribution in [-0.2, 0) is 9.47 Å². The van der Waals surface area contributed by atoms with Gasteiger partial charge in [-0.2, -0.15) is 4.98 Å². The van der Waals surface area contributed by atoms with Crippen molar-refractivity contribution in [2.75, 3.05) is 6.61 Å². The van der Waals surface area contributed by atoms with Gasteiger partial charge < -0.3 is 23.9 Å². The zero-order valence-electron chi connectivity index (χ0n) is 13.3. The van der Waals surface area contributed by atoms with Gasteiger partial charge in [0.05, 0.1) is 25.1 Å². The lowest BCUT2D eigenvalue weighted by molar-refractivity contribution is -0.165. The number of aliphatic hydroxyl groups excluding tert-OH is 1. The van der Waals surface area contributed by atoms with Crippen molar-refractivity contribution in [1.82, 2.24) is 19.5 Å². The molecule has 1 saturated carbocycles. The summed E-state index contributed by atoms with van der Waals surface area (Å²) in [5.41, 5.74) is 1.29. The highest BCUT2D eigenvalue weighted by atomic mass is 16.8. The fourth-order valence-corrected chi connectivity index (χ4v) is 3.52. The summed E-state index contributed by atoms with van der Waals surface area (Å²) >= 11 is 0. The number of nitrogens with zero attached hydrogens (tertiary/aromatic N) is 4.